The maximum absolute atomic E-state index is 5.73. The maximum Gasteiger partial charge on any atom is 0.122 e. The summed E-state index contributed by atoms with van der Waals surface area (Å²) in [5, 5.41) is 3.39. The molecule has 1 aromatic rings. The molecular weight excluding hydrogens is 226 g/mol. The minimum Gasteiger partial charge on any atom is -0.493 e. The van der Waals surface area contributed by atoms with Crippen LogP contribution in [0.1, 0.15) is 24.8 Å². The van der Waals surface area contributed by atoms with Crippen molar-refractivity contribution in [2.75, 3.05) is 33.4 Å². The normalized spacial score (nSPS) is 10.6. The van der Waals surface area contributed by atoms with E-state index in [1.54, 1.807) is 7.11 Å². The molecule has 0 aliphatic heterocycles. The van der Waals surface area contributed by atoms with Crippen LogP contribution in [0.3, 0.4) is 0 Å². The largest absolute Gasteiger partial charge is 0.493 e. The van der Waals surface area contributed by atoms with Crippen LogP contribution < -0.4 is 10.1 Å². The summed E-state index contributed by atoms with van der Waals surface area (Å²) in [6, 6.07) is 8.15. The topological polar surface area (TPSA) is 30.5 Å². The molecule has 0 radical (unpaired) electrons. The zero-order valence-corrected chi connectivity index (χ0v) is 11.6. The third kappa shape index (κ3) is 6.62. The van der Waals surface area contributed by atoms with E-state index >= 15 is 0 Å². The zero-order valence-electron chi connectivity index (χ0n) is 11.6. The number of hydrogen-bond acceptors (Lipinski definition) is 3. The smallest absolute Gasteiger partial charge is 0.122 e. The highest BCUT2D eigenvalue weighted by atomic mass is 16.5. The van der Waals surface area contributed by atoms with Crippen molar-refractivity contribution in [3.63, 3.8) is 0 Å². The summed E-state index contributed by atoms with van der Waals surface area (Å²) in [5.41, 5.74) is 1.20. The van der Waals surface area contributed by atoms with Gasteiger partial charge >= 0.3 is 0 Å². The second-order valence-electron chi connectivity index (χ2n) is 4.42. The standard InChI is InChI=1S/C15H25NO2/c1-14-8-3-4-9-15(14)18-13-6-5-10-16-11-7-12-17-2/h3-4,8-9,16H,5-7,10-13H2,1-2H3. The zero-order chi connectivity index (χ0) is 13.1. The van der Waals surface area contributed by atoms with E-state index in [0.29, 0.717) is 0 Å². The van der Waals surface area contributed by atoms with Gasteiger partial charge in [0.05, 0.1) is 6.61 Å². The maximum atomic E-state index is 5.73. The number of aryl methyl sites for hydroxylation is 1. The summed E-state index contributed by atoms with van der Waals surface area (Å²) >= 11 is 0. The molecule has 0 aliphatic carbocycles. The van der Waals surface area contributed by atoms with Gasteiger partial charge in [0.1, 0.15) is 5.75 Å². The number of methoxy groups -OCH3 is 1. The van der Waals surface area contributed by atoms with E-state index in [-0.39, 0.29) is 0 Å². The molecule has 0 heterocycles. The SMILES string of the molecule is COCCCNCCCCOc1ccccc1C. The monoisotopic (exact) mass is 251 g/mol. The Kier molecular flexibility index (Phi) is 8.26. The van der Waals surface area contributed by atoms with Crippen molar-refractivity contribution in [3.8, 4) is 5.75 Å². The van der Waals surface area contributed by atoms with Crippen LogP contribution in [0.2, 0.25) is 0 Å². The van der Waals surface area contributed by atoms with E-state index in [0.717, 1.165) is 51.3 Å². The second-order valence-corrected chi connectivity index (χ2v) is 4.42. The number of unbranched alkanes of at least 4 members (excludes halogenated alkanes) is 1. The van der Waals surface area contributed by atoms with Gasteiger partial charge in [-0.2, -0.15) is 0 Å². The molecule has 0 atom stereocenters. The number of hydrogen-bond donors (Lipinski definition) is 1. The lowest BCUT2D eigenvalue weighted by atomic mass is 10.2. The molecule has 102 valence electrons. The molecule has 18 heavy (non-hydrogen) atoms. The van der Waals surface area contributed by atoms with Crippen molar-refractivity contribution >= 4 is 0 Å². The van der Waals surface area contributed by atoms with Gasteiger partial charge in [-0.15, -0.1) is 0 Å². The van der Waals surface area contributed by atoms with Crippen LogP contribution in [0.15, 0.2) is 24.3 Å². The van der Waals surface area contributed by atoms with Crippen molar-refractivity contribution in [2.24, 2.45) is 0 Å². The Bertz CT molecular complexity index is 315. The summed E-state index contributed by atoms with van der Waals surface area (Å²) in [6.07, 6.45) is 3.32. The predicted octanol–water partition coefficient (Wildman–Crippen LogP) is 2.78. The first-order chi connectivity index (χ1) is 8.84. The lowest BCUT2D eigenvalue weighted by Crippen LogP contribution is -2.18. The average molecular weight is 251 g/mol. The Hall–Kier alpha value is -1.06. The van der Waals surface area contributed by atoms with Crippen molar-refractivity contribution in [3.05, 3.63) is 29.8 Å². The molecule has 1 aromatic carbocycles. The van der Waals surface area contributed by atoms with E-state index < -0.39 is 0 Å². The summed E-state index contributed by atoms with van der Waals surface area (Å²) in [4.78, 5) is 0. The molecule has 3 heteroatoms. The molecule has 3 nitrogen and oxygen atoms in total. The highest BCUT2D eigenvalue weighted by Gasteiger charge is 1.97. The predicted molar refractivity (Wildman–Crippen MR) is 75.3 cm³/mol. The van der Waals surface area contributed by atoms with Gasteiger partial charge in [0.2, 0.25) is 0 Å². The van der Waals surface area contributed by atoms with E-state index in [4.69, 9.17) is 9.47 Å². The first-order valence-electron chi connectivity index (χ1n) is 6.72. The van der Waals surface area contributed by atoms with Crippen LogP contribution in [0, 0.1) is 6.92 Å². The second kappa shape index (κ2) is 9.92. The quantitative estimate of drug-likeness (QED) is 0.649. The van der Waals surface area contributed by atoms with Crippen LogP contribution in [0.25, 0.3) is 0 Å². The molecule has 0 unspecified atom stereocenters. The Morgan fingerprint density at radius 2 is 1.78 bits per heavy atom. The Morgan fingerprint density at radius 1 is 1.00 bits per heavy atom. The van der Waals surface area contributed by atoms with Gasteiger partial charge in [0.15, 0.2) is 0 Å². The van der Waals surface area contributed by atoms with Gasteiger partial charge in [-0.1, -0.05) is 18.2 Å². The van der Waals surface area contributed by atoms with E-state index in [9.17, 15) is 0 Å². The van der Waals surface area contributed by atoms with Crippen LogP contribution in [0.4, 0.5) is 0 Å². The highest BCUT2D eigenvalue weighted by molar-refractivity contribution is 5.31. The van der Waals surface area contributed by atoms with Gasteiger partial charge in [-0.3, -0.25) is 0 Å². The molecule has 0 spiro atoms. The van der Waals surface area contributed by atoms with Crippen LogP contribution in [-0.2, 0) is 4.74 Å². The fraction of sp³-hybridized carbons (Fsp3) is 0.600. The molecule has 0 fully saturated rings. The lowest BCUT2D eigenvalue weighted by molar-refractivity contribution is 0.194. The Labute approximate surface area is 110 Å². The number of para-hydroxylation sites is 1. The number of nitrogens with one attached hydrogen (secondary N) is 1. The van der Waals surface area contributed by atoms with Crippen LogP contribution >= 0.6 is 0 Å². The van der Waals surface area contributed by atoms with E-state index in [2.05, 4.69) is 18.3 Å². The summed E-state index contributed by atoms with van der Waals surface area (Å²) < 4.78 is 10.7. The number of benzene rings is 1. The number of ether oxygens (including phenoxy) is 2. The van der Waals surface area contributed by atoms with Gasteiger partial charge in [0.25, 0.3) is 0 Å². The van der Waals surface area contributed by atoms with Gasteiger partial charge in [-0.05, 0) is 50.9 Å². The van der Waals surface area contributed by atoms with Gasteiger partial charge < -0.3 is 14.8 Å². The summed E-state index contributed by atoms with van der Waals surface area (Å²) in [7, 11) is 1.74. The summed E-state index contributed by atoms with van der Waals surface area (Å²) in [6.45, 7) is 5.80. The lowest BCUT2D eigenvalue weighted by Gasteiger charge is -2.09. The van der Waals surface area contributed by atoms with Crippen molar-refractivity contribution in [1.29, 1.82) is 0 Å². The summed E-state index contributed by atoms with van der Waals surface area (Å²) in [5.74, 6) is 1.01. The highest BCUT2D eigenvalue weighted by Crippen LogP contribution is 2.16. The van der Waals surface area contributed by atoms with Crippen molar-refractivity contribution < 1.29 is 9.47 Å². The minimum absolute atomic E-state index is 0.796. The van der Waals surface area contributed by atoms with Crippen LogP contribution in [-0.4, -0.2) is 33.4 Å². The van der Waals surface area contributed by atoms with Crippen LogP contribution in [0.5, 0.6) is 5.75 Å². The fourth-order valence-electron chi connectivity index (χ4n) is 1.72. The van der Waals surface area contributed by atoms with E-state index in [1.807, 2.05) is 18.2 Å². The molecule has 0 bridgehead atoms. The Morgan fingerprint density at radius 3 is 2.56 bits per heavy atom. The van der Waals surface area contributed by atoms with E-state index in [1.165, 1.54) is 5.56 Å². The molecule has 0 amide bonds. The molecule has 0 aromatic heterocycles. The first-order valence-corrected chi connectivity index (χ1v) is 6.72. The fourth-order valence-corrected chi connectivity index (χ4v) is 1.72. The number of rotatable bonds is 10. The molecule has 0 saturated carbocycles. The van der Waals surface area contributed by atoms with Crippen molar-refractivity contribution in [1.82, 2.24) is 5.32 Å². The molecule has 1 N–H and O–H groups in total. The van der Waals surface area contributed by atoms with Gasteiger partial charge in [0, 0.05) is 13.7 Å². The minimum atomic E-state index is 0.796. The first kappa shape index (κ1) is 15.0. The third-order valence-electron chi connectivity index (χ3n) is 2.80. The average Bonchev–Trinajstić information content (AvgIpc) is 2.39. The molecule has 0 aliphatic rings. The molecular formula is C15H25NO2. The van der Waals surface area contributed by atoms with Gasteiger partial charge in [-0.25, -0.2) is 0 Å². The third-order valence-corrected chi connectivity index (χ3v) is 2.80. The molecule has 1 rings (SSSR count). The molecule has 0 saturated heterocycles. The van der Waals surface area contributed by atoms with Crippen molar-refractivity contribution in [2.45, 2.75) is 26.2 Å². The Balaban J connectivity index is 1.94.